The summed E-state index contributed by atoms with van der Waals surface area (Å²) >= 11 is 0. The monoisotopic (exact) mass is 431 g/mol. The predicted octanol–water partition coefficient (Wildman–Crippen LogP) is 4.27. The summed E-state index contributed by atoms with van der Waals surface area (Å²) in [7, 11) is 0. The van der Waals surface area contributed by atoms with E-state index in [4.69, 9.17) is 0 Å². The van der Waals surface area contributed by atoms with Crippen molar-refractivity contribution in [2.24, 2.45) is 5.92 Å². The largest absolute Gasteiger partial charge is 0.332 e. The molecule has 3 heterocycles. The number of nitrogens with one attached hydrogen (secondary N) is 1. The fourth-order valence-corrected chi connectivity index (χ4v) is 3.78. The van der Waals surface area contributed by atoms with Crippen molar-refractivity contribution in [3.05, 3.63) is 65.0 Å². The normalized spacial score (nSPS) is 11.4. The molecule has 0 atom stereocenters. The van der Waals surface area contributed by atoms with E-state index in [9.17, 15) is 4.79 Å². The van der Waals surface area contributed by atoms with Crippen molar-refractivity contribution in [2.45, 2.75) is 53.0 Å². The van der Waals surface area contributed by atoms with Gasteiger partial charge in [0.25, 0.3) is 0 Å². The molecule has 0 spiro atoms. The smallest absolute Gasteiger partial charge is 0.299 e. The summed E-state index contributed by atoms with van der Waals surface area (Å²) in [4.78, 5) is 17.8. The summed E-state index contributed by atoms with van der Waals surface area (Å²) in [6.07, 6.45) is 7.78. The number of aryl methyl sites for hydroxylation is 2. The molecule has 0 saturated heterocycles. The molecule has 0 saturated carbocycles. The second-order valence-electron chi connectivity index (χ2n) is 8.41. The lowest BCUT2D eigenvalue weighted by Crippen LogP contribution is -2.24. The van der Waals surface area contributed by atoms with Crippen LogP contribution in [-0.2, 0) is 13.0 Å². The first-order chi connectivity index (χ1) is 15.6. The van der Waals surface area contributed by atoms with Crippen LogP contribution in [0.4, 0.5) is 0 Å². The van der Waals surface area contributed by atoms with E-state index in [-0.39, 0.29) is 5.69 Å². The summed E-state index contributed by atoms with van der Waals surface area (Å²) < 4.78 is 3.70. The zero-order valence-corrected chi connectivity index (χ0v) is 18.8. The third kappa shape index (κ3) is 4.54. The predicted molar refractivity (Wildman–Crippen MR) is 124 cm³/mol. The summed E-state index contributed by atoms with van der Waals surface area (Å²) in [6.45, 7) is 7.27. The number of hydrogen-bond donors (Lipinski definition) is 1. The highest BCUT2D eigenvalue weighted by atomic mass is 16.1. The van der Waals surface area contributed by atoms with Crippen molar-refractivity contribution in [1.82, 2.24) is 34.7 Å². The Hall–Kier alpha value is -3.55. The van der Waals surface area contributed by atoms with E-state index >= 15 is 0 Å². The van der Waals surface area contributed by atoms with Gasteiger partial charge in [-0.15, -0.1) is 5.10 Å². The average Bonchev–Trinajstić information content (AvgIpc) is 3.45. The number of unbranched alkanes of at least 4 members (excludes halogenated alkanes) is 1. The molecule has 3 aromatic heterocycles. The van der Waals surface area contributed by atoms with E-state index in [1.165, 1.54) is 0 Å². The highest BCUT2D eigenvalue weighted by Crippen LogP contribution is 2.28. The van der Waals surface area contributed by atoms with Crippen molar-refractivity contribution in [3.8, 4) is 28.3 Å². The Kier molecular flexibility index (Phi) is 6.58. The minimum absolute atomic E-state index is 0.0239. The molecular formula is C24H29N7O. The maximum Gasteiger partial charge on any atom is 0.332 e. The number of imidazole rings is 1. The topological polar surface area (TPSA) is 94.3 Å². The number of H-pyrrole nitrogens is 1. The van der Waals surface area contributed by atoms with Gasteiger partial charge in [-0.25, -0.2) is 9.89 Å². The van der Waals surface area contributed by atoms with Crippen molar-refractivity contribution in [2.75, 3.05) is 0 Å². The van der Waals surface area contributed by atoms with Gasteiger partial charge in [-0.05, 0) is 59.9 Å². The van der Waals surface area contributed by atoms with Crippen molar-refractivity contribution in [1.29, 1.82) is 0 Å². The lowest BCUT2D eigenvalue weighted by Gasteiger charge is -2.10. The third-order valence-corrected chi connectivity index (χ3v) is 5.57. The van der Waals surface area contributed by atoms with E-state index in [1.54, 1.807) is 6.20 Å². The maximum absolute atomic E-state index is 13.2. The summed E-state index contributed by atoms with van der Waals surface area (Å²) in [5, 5.41) is 14.2. The van der Waals surface area contributed by atoms with Crippen LogP contribution >= 0.6 is 0 Å². The molecule has 0 aliphatic heterocycles. The molecule has 8 nitrogen and oxygen atoms in total. The van der Waals surface area contributed by atoms with Gasteiger partial charge in [0.15, 0.2) is 5.82 Å². The molecule has 4 aromatic rings. The molecule has 0 bridgehead atoms. The van der Waals surface area contributed by atoms with Gasteiger partial charge in [0.1, 0.15) is 0 Å². The fourth-order valence-electron chi connectivity index (χ4n) is 3.78. The Balaban J connectivity index is 1.70. The van der Waals surface area contributed by atoms with Gasteiger partial charge in [-0.2, -0.15) is 0 Å². The van der Waals surface area contributed by atoms with Crippen LogP contribution in [0.3, 0.4) is 0 Å². The lowest BCUT2D eigenvalue weighted by atomic mass is 10.0. The molecule has 8 heteroatoms. The second kappa shape index (κ2) is 9.72. The highest BCUT2D eigenvalue weighted by molar-refractivity contribution is 5.77. The Labute approximate surface area is 187 Å². The zero-order valence-electron chi connectivity index (χ0n) is 18.8. The Morgan fingerprint density at radius 2 is 1.94 bits per heavy atom. The number of aromatic amines is 1. The zero-order chi connectivity index (χ0) is 22.5. The van der Waals surface area contributed by atoms with Crippen LogP contribution in [0, 0.1) is 5.92 Å². The lowest BCUT2D eigenvalue weighted by molar-refractivity contribution is 0.506. The number of tetrazole rings is 1. The van der Waals surface area contributed by atoms with Crippen LogP contribution < -0.4 is 5.69 Å². The van der Waals surface area contributed by atoms with Gasteiger partial charge in [0.05, 0.1) is 11.4 Å². The molecule has 0 unspecified atom stereocenters. The standard InChI is InChI=1S/C24H29N7O/c1-4-5-7-20-16-30(15-13-17(2)3)24(32)31(20)19-11-9-18(10-12-19)22-21(8-6-14-25-22)23-26-28-29-27-23/h6,8-12,14,16-17H,4-5,7,13,15H2,1-3H3,(H,26,27,28,29). The van der Waals surface area contributed by atoms with Crippen LogP contribution in [0.2, 0.25) is 0 Å². The van der Waals surface area contributed by atoms with Crippen molar-refractivity contribution < 1.29 is 0 Å². The molecule has 0 amide bonds. The first-order valence-corrected chi connectivity index (χ1v) is 11.2. The fraction of sp³-hybridized carbons (Fsp3) is 0.375. The number of nitrogens with zero attached hydrogens (tertiary/aromatic N) is 6. The summed E-state index contributed by atoms with van der Waals surface area (Å²) in [5.74, 6) is 1.12. The SMILES string of the molecule is CCCCc1cn(CCC(C)C)c(=O)n1-c1ccc(-c2ncccc2-c2nnn[nH]2)cc1. The van der Waals surface area contributed by atoms with Crippen molar-refractivity contribution >= 4 is 0 Å². The van der Waals surface area contributed by atoms with Crippen LogP contribution in [0.25, 0.3) is 28.3 Å². The van der Waals surface area contributed by atoms with E-state index in [2.05, 4.69) is 46.4 Å². The Bertz CT molecular complexity index is 1200. The molecule has 0 aliphatic rings. The quantitative estimate of drug-likeness (QED) is 0.427. The van der Waals surface area contributed by atoms with Crippen LogP contribution in [0.5, 0.6) is 0 Å². The number of pyridine rings is 1. The van der Waals surface area contributed by atoms with Crippen LogP contribution in [-0.4, -0.2) is 34.7 Å². The van der Waals surface area contributed by atoms with E-state index in [1.807, 2.05) is 51.7 Å². The van der Waals surface area contributed by atoms with E-state index in [0.717, 1.165) is 60.4 Å². The minimum Gasteiger partial charge on any atom is -0.299 e. The van der Waals surface area contributed by atoms with Crippen LogP contribution in [0.1, 0.15) is 45.7 Å². The average molecular weight is 432 g/mol. The first-order valence-electron chi connectivity index (χ1n) is 11.2. The van der Waals surface area contributed by atoms with Gasteiger partial charge < -0.3 is 0 Å². The number of hydrogen-bond acceptors (Lipinski definition) is 5. The minimum atomic E-state index is 0.0239. The Morgan fingerprint density at radius 1 is 1.12 bits per heavy atom. The number of rotatable bonds is 9. The van der Waals surface area contributed by atoms with Gasteiger partial charge in [0.2, 0.25) is 0 Å². The Morgan fingerprint density at radius 3 is 2.62 bits per heavy atom. The van der Waals surface area contributed by atoms with Gasteiger partial charge in [0, 0.05) is 35.8 Å². The molecule has 1 aromatic carbocycles. The molecule has 0 radical (unpaired) electrons. The van der Waals surface area contributed by atoms with E-state index in [0.29, 0.717) is 11.7 Å². The van der Waals surface area contributed by atoms with Gasteiger partial charge in [-0.3, -0.25) is 14.1 Å². The summed E-state index contributed by atoms with van der Waals surface area (Å²) in [6, 6.07) is 11.7. The van der Waals surface area contributed by atoms with E-state index < -0.39 is 0 Å². The maximum atomic E-state index is 13.2. The number of aromatic nitrogens is 7. The number of benzene rings is 1. The molecule has 4 rings (SSSR count). The molecule has 1 N–H and O–H groups in total. The van der Waals surface area contributed by atoms with Gasteiger partial charge in [-0.1, -0.05) is 39.3 Å². The molecule has 166 valence electrons. The second-order valence-corrected chi connectivity index (χ2v) is 8.41. The third-order valence-electron chi connectivity index (χ3n) is 5.57. The highest BCUT2D eigenvalue weighted by Gasteiger charge is 2.15. The van der Waals surface area contributed by atoms with Gasteiger partial charge >= 0.3 is 5.69 Å². The summed E-state index contributed by atoms with van der Waals surface area (Å²) in [5.41, 5.74) is 4.49. The molecule has 32 heavy (non-hydrogen) atoms. The first kappa shape index (κ1) is 21.7. The van der Waals surface area contributed by atoms with Crippen molar-refractivity contribution in [3.63, 3.8) is 0 Å². The van der Waals surface area contributed by atoms with Crippen LogP contribution in [0.15, 0.2) is 53.6 Å². The molecule has 0 aliphatic carbocycles. The molecular weight excluding hydrogens is 402 g/mol. The molecule has 0 fully saturated rings.